The molecule has 0 amide bonds. The molecule has 64 heavy (non-hydrogen) atoms. The zero-order chi connectivity index (χ0) is 42.5. The summed E-state index contributed by atoms with van der Waals surface area (Å²) in [7, 11) is 0. The van der Waals surface area contributed by atoms with Crippen molar-refractivity contribution >= 4 is 70.4 Å². The summed E-state index contributed by atoms with van der Waals surface area (Å²) in [4.78, 5) is 2.47. The second-order valence-electron chi connectivity index (χ2n) is 16.4. The van der Waals surface area contributed by atoms with Crippen molar-refractivity contribution < 1.29 is 0 Å². The van der Waals surface area contributed by atoms with Crippen LogP contribution in [0.4, 0.5) is 17.1 Å². The van der Waals surface area contributed by atoms with Crippen molar-refractivity contribution in [1.82, 2.24) is 4.57 Å². The van der Waals surface area contributed by atoms with Gasteiger partial charge >= 0.3 is 0 Å². The summed E-state index contributed by atoms with van der Waals surface area (Å²) in [5, 5.41) is 5.01. The molecule has 0 atom stereocenters. The minimum absolute atomic E-state index is 0.510. The number of nitrogens with zero attached hydrogens (tertiary/aromatic N) is 2. The van der Waals surface area contributed by atoms with Gasteiger partial charge in [-0.1, -0.05) is 194 Å². The Morgan fingerprint density at radius 1 is 0.344 bits per heavy atom. The highest BCUT2D eigenvalue weighted by atomic mass is 32.1. The van der Waals surface area contributed by atoms with Gasteiger partial charge in [-0.25, -0.2) is 0 Å². The molecule has 0 spiro atoms. The third-order valence-corrected chi connectivity index (χ3v) is 14.1. The number of rotatable bonds is 9. The summed E-state index contributed by atoms with van der Waals surface area (Å²) in [5.41, 5.74) is 13.6. The standard InChI is InChI=1S/C61H42N2S/c1-5-20-45(21-6-1)61(46-22-7-2-8-23-46,47-24-9-3-10-25-47)48-37-35-43(36-38-48)44-19-17-28-50(41-44)62(56-32-18-34-59-60(56)54-30-14-16-33-58(54)64-59)51-39-40-53-52-29-13-15-31-55(52)63(57(53)42-51)49-26-11-4-12-27-49/h1-42H. The first-order valence-corrected chi connectivity index (χ1v) is 22.7. The van der Waals surface area contributed by atoms with E-state index in [0.717, 1.165) is 33.9 Å². The molecule has 0 radical (unpaired) electrons. The number of anilines is 3. The van der Waals surface area contributed by atoms with Crippen molar-refractivity contribution in [3.05, 3.63) is 277 Å². The van der Waals surface area contributed by atoms with E-state index in [-0.39, 0.29) is 0 Å². The van der Waals surface area contributed by atoms with Gasteiger partial charge in [0.05, 0.1) is 22.1 Å². The van der Waals surface area contributed by atoms with Gasteiger partial charge in [-0.2, -0.15) is 0 Å². The fourth-order valence-electron chi connectivity index (χ4n) is 10.1. The molecule has 12 rings (SSSR count). The van der Waals surface area contributed by atoms with Crippen LogP contribution >= 0.6 is 11.3 Å². The van der Waals surface area contributed by atoms with Crippen LogP contribution in [0.3, 0.4) is 0 Å². The fraction of sp³-hybridized carbons (Fsp3) is 0.0164. The molecule has 0 aliphatic heterocycles. The molecule has 2 nitrogen and oxygen atoms in total. The number of hydrogen-bond acceptors (Lipinski definition) is 2. The topological polar surface area (TPSA) is 8.17 Å². The second kappa shape index (κ2) is 15.7. The van der Waals surface area contributed by atoms with Crippen LogP contribution in [0.2, 0.25) is 0 Å². The van der Waals surface area contributed by atoms with Gasteiger partial charge in [0.1, 0.15) is 0 Å². The average molecular weight is 835 g/mol. The summed E-state index contributed by atoms with van der Waals surface area (Å²) in [6.07, 6.45) is 0. The third-order valence-electron chi connectivity index (χ3n) is 12.9. The van der Waals surface area contributed by atoms with Crippen molar-refractivity contribution in [2.24, 2.45) is 0 Å². The maximum atomic E-state index is 2.47. The van der Waals surface area contributed by atoms with Crippen LogP contribution in [0.5, 0.6) is 0 Å². The van der Waals surface area contributed by atoms with Gasteiger partial charge in [-0.05, 0) is 94.0 Å². The fourth-order valence-corrected chi connectivity index (χ4v) is 11.3. The molecule has 10 aromatic carbocycles. The minimum atomic E-state index is -0.510. The highest BCUT2D eigenvalue weighted by molar-refractivity contribution is 7.26. The number of aromatic nitrogens is 1. The smallest absolute Gasteiger partial charge is 0.0701 e. The summed E-state index contributed by atoms with van der Waals surface area (Å²) in [6, 6.07) is 93.2. The summed E-state index contributed by atoms with van der Waals surface area (Å²) < 4.78 is 4.97. The molecule has 0 aliphatic carbocycles. The molecule has 0 saturated heterocycles. The lowest BCUT2D eigenvalue weighted by Crippen LogP contribution is -2.30. The highest BCUT2D eigenvalue weighted by Crippen LogP contribution is 2.48. The van der Waals surface area contributed by atoms with Crippen LogP contribution in [-0.2, 0) is 5.41 Å². The van der Waals surface area contributed by atoms with E-state index in [9.17, 15) is 0 Å². The van der Waals surface area contributed by atoms with E-state index < -0.39 is 5.41 Å². The van der Waals surface area contributed by atoms with Crippen molar-refractivity contribution in [3.8, 4) is 16.8 Å². The maximum Gasteiger partial charge on any atom is 0.0701 e. The van der Waals surface area contributed by atoms with E-state index in [1.54, 1.807) is 0 Å². The number of hydrogen-bond donors (Lipinski definition) is 0. The van der Waals surface area contributed by atoms with Crippen LogP contribution in [0.15, 0.2) is 255 Å². The maximum absolute atomic E-state index is 2.47. The first kappa shape index (κ1) is 37.8. The summed E-state index contributed by atoms with van der Waals surface area (Å²) >= 11 is 1.86. The van der Waals surface area contributed by atoms with E-state index >= 15 is 0 Å². The summed E-state index contributed by atoms with van der Waals surface area (Å²) in [5.74, 6) is 0. The van der Waals surface area contributed by atoms with Crippen LogP contribution in [-0.4, -0.2) is 4.57 Å². The molecule has 0 N–H and O–H groups in total. The number of para-hydroxylation sites is 2. The van der Waals surface area contributed by atoms with Crippen molar-refractivity contribution in [2.45, 2.75) is 5.41 Å². The van der Waals surface area contributed by atoms with Gasteiger partial charge < -0.3 is 9.47 Å². The van der Waals surface area contributed by atoms with Gasteiger partial charge in [0.2, 0.25) is 0 Å². The van der Waals surface area contributed by atoms with Crippen LogP contribution in [0, 0.1) is 0 Å². The Labute approximate surface area is 377 Å². The quantitative estimate of drug-likeness (QED) is 0.132. The normalized spacial score (nSPS) is 11.8. The molecule has 0 fully saturated rings. The van der Waals surface area contributed by atoms with Crippen LogP contribution < -0.4 is 4.90 Å². The molecule has 2 aromatic heterocycles. The largest absolute Gasteiger partial charge is 0.310 e. The van der Waals surface area contributed by atoms with Crippen molar-refractivity contribution in [2.75, 3.05) is 4.90 Å². The zero-order valence-corrected chi connectivity index (χ0v) is 35.9. The SMILES string of the molecule is c1ccc(-n2c3ccccc3c3ccc(N(c4cccc(-c5ccc(C(c6ccccc6)(c6ccccc6)c6ccccc6)cc5)c4)c4cccc5sc6ccccc6c45)cc32)cc1. The van der Waals surface area contributed by atoms with E-state index in [1.807, 2.05) is 11.3 Å². The Hall–Kier alpha value is -7.98. The summed E-state index contributed by atoms with van der Waals surface area (Å²) in [6.45, 7) is 0. The van der Waals surface area contributed by atoms with Gasteiger partial charge in [0, 0.05) is 48.0 Å². The number of fused-ring (bicyclic) bond motifs is 6. The molecule has 0 aliphatic rings. The number of benzene rings is 10. The predicted octanol–water partition coefficient (Wildman–Crippen LogP) is 16.7. The van der Waals surface area contributed by atoms with E-state index in [0.29, 0.717) is 0 Å². The zero-order valence-electron chi connectivity index (χ0n) is 35.1. The number of thiophene rings is 1. The van der Waals surface area contributed by atoms with E-state index in [4.69, 9.17) is 0 Å². The van der Waals surface area contributed by atoms with Crippen LogP contribution in [0.25, 0.3) is 58.8 Å². The molecule has 0 saturated carbocycles. The van der Waals surface area contributed by atoms with Crippen molar-refractivity contribution in [3.63, 3.8) is 0 Å². The van der Waals surface area contributed by atoms with Crippen LogP contribution in [0.1, 0.15) is 22.3 Å². The average Bonchev–Trinajstić information content (AvgIpc) is 3.92. The Morgan fingerprint density at radius 3 is 1.56 bits per heavy atom. The lowest BCUT2D eigenvalue weighted by Gasteiger charge is -2.37. The van der Waals surface area contributed by atoms with Gasteiger partial charge in [0.15, 0.2) is 0 Å². The Bertz CT molecular complexity index is 3500. The second-order valence-corrected chi connectivity index (χ2v) is 17.5. The predicted molar refractivity (Wildman–Crippen MR) is 272 cm³/mol. The molecule has 0 unspecified atom stereocenters. The molecule has 2 heterocycles. The highest BCUT2D eigenvalue weighted by Gasteiger charge is 2.38. The van der Waals surface area contributed by atoms with Gasteiger partial charge in [-0.3, -0.25) is 0 Å². The Balaban J connectivity index is 1.05. The molecular formula is C61H42N2S. The Morgan fingerprint density at radius 2 is 0.875 bits per heavy atom. The lowest BCUT2D eigenvalue weighted by molar-refractivity contribution is 0.745. The van der Waals surface area contributed by atoms with Gasteiger partial charge in [0.25, 0.3) is 0 Å². The molecule has 3 heteroatoms. The first-order valence-electron chi connectivity index (χ1n) is 21.9. The van der Waals surface area contributed by atoms with E-state index in [1.165, 1.54) is 64.2 Å². The minimum Gasteiger partial charge on any atom is -0.310 e. The molecule has 0 bridgehead atoms. The molecular weight excluding hydrogens is 793 g/mol. The van der Waals surface area contributed by atoms with Gasteiger partial charge in [-0.15, -0.1) is 11.3 Å². The Kier molecular flexibility index (Phi) is 9.28. The molecule has 302 valence electrons. The molecule has 12 aromatic rings. The lowest BCUT2D eigenvalue weighted by atomic mass is 9.65. The monoisotopic (exact) mass is 834 g/mol. The van der Waals surface area contributed by atoms with Crippen molar-refractivity contribution in [1.29, 1.82) is 0 Å². The third kappa shape index (κ3) is 6.16. The first-order chi connectivity index (χ1) is 31.8. The van der Waals surface area contributed by atoms with E-state index in [2.05, 4.69) is 264 Å².